The molecule has 8 bridgehead atoms. The molecule has 0 amide bonds. The number of hydrazine groups is 1. The van der Waals surface area contributed by atoms with Crippen molar-refractivity contribution in [2.24, 2.45) is 10.8 Å². The average molecular weight is 416 g/mol. The number of nitrogens with one attached hydrogen (secondary N) is 3. The highest BCUT2D eigenvalue weighted by Crippen LogP contribution is 2.35. The van der Waals surface area contributed by atoms with Gasteiger partial charge in [0.1, 0.15) is 0 Å². The molecule has 1 aromatic carbocycles. The Morgan fingerprint density at radius 3 is 2.34 bits per heavy atom. The number of H-pyrrole nitrogens is 2. The molecule has 3 aliphatic rings. The van der Waals surface area contributed by atoms with Crippen LogP contribution in [0.2, 0.25) is 0 Å². The van der Waals surface area contributed by atoms with E-state index in [0.717, 1.165) is 50.3 Å². The molecule has 6 nitrogen and oxygen atoms in total. The largest absolute Gasteiger partial charge is 0.355 e. The minimum absolute atomic E-state index is 0.376. The van der Waals surface area contributed by atoms with Gasteiger partial charge in [-0.25, -0.2) is 10.8 Å². The van der Waals surface area contributed by atoms with Gasteiger partial charge >= 0.3 is 0 Å². The zero-order chi connectivity index (χ0) is 21.7. The summed E-state index contributed by atoms with van der Waals surface area (Å²) >= 11 is 0. The summed E-state index contributed by atoms with van der Waals surface area (Å²) in [5.74, 6) is 6.56. The van der Waals surface area contributed by atoms with E-state index in [1.54, 1.807) is 5.01 Å². The average Bonchev–Trinajstić information content (AvgIpc) is 3.57. The molecule has 0 saturated carbocycles. The fraction of sp³-hybridized carbons (Fsp3) is 0. The lowest BCUT2D eigenvalue weighted by atomic mass is 10.00. The molecule has 0 spiro atoms. The third-order valence-electron chi connectivity index (χ3n) is 5.68. The third kappa shape index (κ3) is 3.10. The Labute approximate surface area is 184 Å². The van der Waals surface area contributed by atoms with E-state index in [4.69, 9.17) is 16.2 Å². The Bertz CT molecular complexity index is 1540. The summed E-state index contributed by atoms with van der Waals surface area (Å²) in [6.07, 6.45) is 11.8. The molecule has 0 radical (unpaired) electrons. The van der Waals surface area contributed by atoms with Gasteiger partial charge in [0.05, 0.1) is 28.5 Å². The minimum atomic E-state index is 0.376. The summed E-state index contributed by atoms with van der Waals surface area (Å²) in [6.45, 7) is 0. The summed E-state index contributed by atoms with van der Waals surface area (Å²) in [6, 6.07) is 18.0. The van der Waals surface area contributed by atoms with Crippen LogP contribution in [0.1, 0.15) is 17.0 Å². The maximum absolute atomic E-state index is 8.94. The van der Waals surface area contributed by atoms with E-state index in [2.05, 4.69) is 9.97 Å². The van der Waals surface area contributed by atoms with Gasteiger partial charge in [0, 0.05) is 27.7 Å². The first-order chi connectivity index (χ1) is 15.6. The van der Waals surface area contributed by atoms with Gasteiger partial charge in [-0.05, 0) is 66.3 Å². The lowest BCUT2D eigenvalue weighted by Crippen LogP contribution is -2.26. The molecule has 5 N–H and O–H groups in total. The van der Waals surface area contributed by atoms with E-state index in [1.807, 2.05) is 91.1 Å². The van der Waals surface area contributed by atoms with Crippen LogP contribution in [0, 0.1) is 5.41 Å². The molecule has 0 fully saturated rings. The highest BCUT2D eigenvalue weighted by atomic mass is 15.4. The van der Waals surface area contributed by atoms with Crippen molar-refractivity contribution in [2.45, 2.75) is 0 Å². The van der Waals surface area contributed by atoms with E-state index < -0.39 is 0 Å². The number of allylic oxidation sites excluding steroid dienone is 4. The number of aliphatic imine (C=N–C) groups is 1. The number of hydrogen-bond acceptors (Lipinski definition) is 4. The van der Waals surface area contributed by atoms with Crippen LogP contribution in [-0.2, 0) is 0 Å². The molecule has 2 aromatic heterocycles. The number of nitrogens with two attached hydrogens (primary N) is 1. The second-order valence-corrected chi connectivity index (χ2v) is 7.87. The number of nitrogens with zero attached hydrogens (tertiary/aromatic N) is 2. The molecule has 6 heteroatoms. The minimum Gasteiger partial charge on any atom is -0.355 e. The quantitative estimate of drug-likeness (QED) is 0.459. The predicted molar refractivity (Wildman–Crippen MR) is 129 cm³/mol. The Morgan fingerprint density at radius 2 is 1.53 bits per heavy atom. The highest BCUT2D eigenvalue weighted by molar-refractivity contribution is 6.34. The number of fused-ring (bicyclic) bond motifs is 7. The zero-order valence-electron chi connectivity index (χ0n) is 17.1. The van der Waals surface area contributed by atoms with Crippen LogP contribution >= 0.6 is 0 Å². The Hall–Kier alpha value is -4.42. The molecule has 5 heterocycles. The molecular formula is C26H20N6. The van der Waals surface area contributed by atoms with Gasteiger partial charge in [0.15, 0.2) is 0 Å². The highest BCUT2D eigenvalue weighted by Gasteiger charge is 2.31. The van der Waals surface area contributed by atoms with E-state index in [-0.39, 0.29) is 0 Å². The van der Waals surface area contributed by atoms with Crippen LogP contribution in [-0.4, -0.2) is 26.4 Å². The van der Waals surface area contributed by atoms with Crippen molar-refractivity contribution in [1.82, 2.24) is 15.0 Å². The third-order valence-corrected chi connectivity index (χ3v) is 5.68. The standard InChI is InChI=1S/C26H20N6/c27-26-24-15-22-11-9-20(31-22)13-18-7-6-17(29-18)12-19-8-10-21(30-19)14-23(32(24)28)25(26)16-4-2-1-3-5-16/h1-15,27,29,31H,28H2. The smallest absolute Gasteiger partial charge is 0.0892 e. The SMILES string of the molecule is N=C1C2=Cc3ccc([nH]3)C=c3ccc([nH]3)=CC3=NC(=CC(=C1c1ccccc1)N2N)C=C3. The van der Waals surface area contributed by atoms with Crippen molar-refractivity contribution >= 4 is 35.2 Å². The molecule has 6 rings (SSSR count). The number of benzene rings is 1. The monoisotopic (exact) mass is 416 g/mol. The van der Waals surface area contributed by atoms with Crippen LogP contribution in [0.15, 0.2) is 94.9 Å². The van der Waals surface area contributed by atoms with Crippen molar-refractivity contribution in [1.29, 1.82) is 5.41 Å². The molecular weight excluding hydrogens is 396 g/mol. The molecule has 3 aromatic rings. The molecule has 3 aliphatic heterocycles. The fourth-order valence-corrected chi connectivity index (χ4v) is 4.17. The lowest BCUT2D eigenvalue weighted by Gasteiger charge is -2.15. The lowest BCUT2D eigenvalue weighted by molar-refractivity contribution is 0.502. The molecule has 0 saturated heterocycles. The maximum atomic E-state index is 8.94. The van der Waals surface area contributed by atoms with Crippen LogP contribution in [0.25, 0.3) is 23.8 Å². The summed E-state index contributed by atoms with van der Waals surface area (Å²) in [5, 5.41) is 12.5. The van der Waals surface area contributed by atoms with Gasteiger partial charge in [-0.1, -0.05) is 30.3 Å². The topological polar surface area (TPSA) is 97.0 Å². The van der Waals surface area contributed by atoms with Crippen molar-refractivity contribution in [3.63, 3.8) is 0 Å². The number of aromatic amines is 2. The van der Waals surface area contributed by atoms with Gasteiger partial charge < -0.3 is 9.97 Å². The van der Waals surface area contributed by atoms with Crippen LogP contribution in [0.3, 0.4) is 0 Å². The van der Waals surface area contributed by atoms with Crippen molar-refractivity contribution in [3.8, 4) is 0 Å². The van der Waals surface area contributed by atoms with Crippen molar-refractivity contribution < 1.29 is 0 Å². The molecule has 0 unspecified atom stereocenters. The van der Waals surface area contributed by atoms with Gasteiger partial charge in [-0.2, -0.15) is 0 Å². The number of rotatable bonds is 1. The molecule has 0 aliphatic carbocycles. The van der Waals surface area contributed by atoms with Gasteiger partial charge in [0.25, 0.3) is 0 Å². The Kier molecular flexibility index (Phi) is 4.06. The number of hydrogen-bond donors (Lipinski definition) is 4. The van der Waals surface area contributed by atoms with E-state index in [9.17, 15) is 0 Å². The van der Waals surface area contributed by atoms with Crippen molar-refractivity contribution in [3.05, 3.63) is 118 Å². The molecule has 154 valence electrons. The van der Waals surface area contributed by atoms with E-state index >= 15 is 0 Å². The van der Waals surface area contributed by atoms with Crippen molar-refractivity contribution in [2.75, 3.05) is 0 Å². The van der Waals surface area contributed by atoms with Crippen LogP contribution < -0.4 is 16.5 Å². The Balaban J connectivity index is 1.61. The predicted octanol–water partition coefficient (Wildman–Crippen LogP) is 2.82. The maximum Gasteiger partial charge on any atom is 0.0892 e. The summed E-state index contributed by atoms with van der Waals surface area (Å²) < 4.78 is 0. The zero-order valence-corrected chi connectivity index (χ0v) is 17.1. The summed E-state index contributed by atoms with van der Waals surface area (Å²) in [5.41, 5.74) is 6.94. The summed E-state index contributed by atoms with van der Waals surface area (Å²) in [7, 11) is 0. The second kappa shape index (κ2) is 7.08. The van der Waals surface area contributed by atoms with Gasteiger partial charge in [-0.15, -0.1) is 0 Å². The first kappa shape index (κ1) is 18.4. The van der Waals surface area contributed by atoms with Crippen LogP contribution in [0.5, 0.6) is 0 Å². The normalized spacial score (nSPS) is 17.1. The number of aromatic nitrogens is 2. The Morgan fingerprint density at radius 1 is 0.781 bits per heavy atom. The first-order valence-corrected chi connectivity index (χ1v) is 10.4. The van der Waals surface area contributed by atoms with Crippen LogP contribution in [0.4, 0.5) is 0 Å². The fourth-order valence-electron chi connectivity index (χ4n) is 4.17. The van der Waals surface area contributed by atoms with E-state index in [0.29, 0.717) is 11.4 Å². The second-order valence-electron chi connectivity index (χ2n) is 7.87. The van der Waals surface area contributed by atoms with Gasteiger partial charge in [0.2, 0.25) is 0 Å². The molecule has 0 atom stereocenters. The summed E-state index contributed by atoms with van der Waals surface area (Å²) in [4.78, 5) is 11.5. The first-order valence-electron chi connectivity index (χ1n) is 10.4. The van der Waals surface area contributed by atoms with Gasteiger partial charge in [-0.3, -0.25) is 10.4 Å². The van der Waals surface area contributed by atoms with E-state index in [1.165, 1.54) is 0 Å². The molecule has 32 heavy (non-hydrogen) atoms.